The molecular formula is C16H13ClIN3. The van der Waals surface area contributed by atoms with E-state index in [9.17, 15) is 0 Å². The maximum Gasteiger partial charge on any atom is 0.0738 e. The van der Waals surface area contributed by atoms with E-state index in [1.165, 1.54) is 0 Å². The van der Waals surface area contributed by atoms with Gasteiger partial charge < -0.3 is 5.73 Å². The van der Waals surface area contributed by atoms with E-state index >= 15 is 0 Å². The maximum atomic E-state index is 6.44. The number of nitrogens with two attached hydrogens (primary N) is 1. The SMILES string of the molecule is NC(c1cc(Cl)ccc1I)c1ccnn1-c1ccccc1. The van der Waals surface area contributed by atoms with Crippen LogP contribution in [0.15, 0.2) is 60.8 Å². The molecule has 2 aromatic carbocycles. The minimum absolute atomic E-state index is 0.279. The summed E-state index contributed by atoms with van der Waals surface area (Å²) in [5.41, 5.74) is 9.37. The van der Waals surface area contributed by atoms with Crippen molar-refractivity contribution in [1.29, 1.82) is 0 Å². The lowest BCUT2D eigenvalue weighted by Gasteiger charge is -2.16. The van der Waals surface area contributed by atoms with Gasteiger partial charge in [-0.2, -0.15) is 5.10 Å². The molecule has 3 rings (SSSR count). The molecule has 1 unspecified atom stereocenters. The Kier molecular flexibility index (Phi) is 4.28. The average molecular weight is 410 g/mol. The fourth-order valence-corrected chi connectivity index (χ4v) is 3.10. The van der Waals surface area contributed by atoms with Crippen molar-refractivity contribution in [3.05, 3.63) is 80.6 Å². The number of halogens is 2. The Labute approximate surface area is 141 Å². The van der Waals surface area contributed by atoms with Crippen LogP contribution in [0.1, 0.15) is 17.3 Å². The number of para-hydroxylation sites is 1. The molecule has 3 aromatic rings. The van der Waals surface area contributed by atoms with Crippen molar-refractivity contribution in [3.8, 4) is 5.69 Å². The molecule has 0 fully saturated rings. The normalized spacial score (nSPS) is 12.3. The van der Waals surface area contributed by atoms with E-state index in [0.717, 1.165) is 20.5 Å². The Bertz CT molecular complexity index is 755. The van der Waals surface area contributed by atoms with Gasteiger partial charge in [-0.05, 0) is 64.6 Å². The summed E-state index contributed by atoms with van der Waals surface area (Å²) < 4.78 is 2.95. The van der Waals surface area contributed by atoms with Gasteiger partial charge in [0, 0.05) is 14.8 Å². The largest absolute Gasteiger partial charge is 0.319 e. The molecule has 0 aliphatic heterocycles. The van der Waals surface area contributed by atoms with Crippen molar-refractivity contribution < 1.29 is 0 Å². The zero-order valence-electron chi connectivity index (χ0n) is 11.1. The fourth-order valence-electron chi connectivity index (χ4n) is 2.25. The molecule has 0 aliphatic carbocycles. The van der Waals surface area contributed by atoms with Crippen LogP contribution in [0.4, 0.5) is 0 Å². The second kappa shape index (κ2) is 6.17. The number of aromatic nitrogens is 2. The Morgan fingerprint density at radius 2 is 1.86 bits per heavy atom. The minimum atomic E-state index is -0.279. The molecule has 1 heterocycles. The van der Waals surface area contributed by atoms with Crippen LogP contribution < -0.4 is 5.73 Å². The summed E-state index contributed by atoms with van der Waals surface area (Å²) in [5, 5.41) is 5.07. The highest BCUT2D eigenvalue weighted by Crippen LogP contribution is 2.28. The highest BCUT2D eigenvalue weighted by atomic mass is 127. The first-order chi connectivity index (χ1) is 10.2. The van der Waals surface area contributed by atoms with Crippen LogP contribution in [0.25, 0.3) is 5.69 Å². The van der Waals surface area contributed by atoms with Gasteiger partial charge in [-0.15, -0.1) is 0 Å². The molecule has 106 valence electrons. The van der Waals surface area contributed by atoms with E-state index in [2.05, 4.69) is 27.7 Å². The summed E-state index contributed by atoms with van der Waals surface area (Å²) in [6, 6.07) is 17.4. The number of nitrogens with zero attached hydrogens (tertiary/aromatic N) is 2. The number of benzene rings is 2. The van der Waals surface area contributed by atoms with Crippen LogP contribution in [0, 0.1) is 3.57 Å². The van der Waals surface area contributed by atoms with Crippen LogP contribution in [0.3, 0.4) is 0 Å². The quantitative estimate of drug-likeness (QED) is 0.660. The van der Waals surface area contributed by atoms with Crippen molar-refractivity contribution >= 4 is 34.2 Å². The van der Waals surface area contributed by atoms with Crippen molar-refractivity contribution in [1.82, 2.24) is 9.78 Å². The third-order valence-corrected chi connectivity index (χ3v) is 4.50. The first-order valence-electron chi connectivity index (χ1n) is 6.46. The summed E-state index contributed by atoms with van der Waals surface area (Å²) in [6.07, 6.45) is 1.76. The number of hydrogen-bond acceptors (Lipinski definition) is 2. The molecule has 0 bridgehead atoms. The second-order valence-electron chi connectivity index (χ2n) is 4.65. The second-order valence-corrected chi connectivity index (χ2v) is 6.25. The van der Waals surface area contributed by atoms with Gasteiger partial charge in [0.15, 0.2) is 0 Å². The third-order valence-electron chi connectivity index (χ3n) is 3.28. The molecule has 0 saturated heterocycles. The fraction of sp³-hybridized carbons (Fsp3) is 0.0625. The first-order valence-corrected chi connectivity index (χ1v) is 7.92. The molecule has 0 radical (unpaired) electrons. The summed E-state index contributed by atoms with van der Waals surface area (Å²) >= 11 is 8.37. The van der Waals surface area contributed by atoms with Crippen molar-refractivity contribution in [2.45, 2.75) is 6.04 Å². The third kappa shape index (κ3) is 2.97. The summed E-state index contributed by atoms with van der Waals surface area (Å²) in [4.78, 5) is 0. The van der Waals surface area contributed by atoms with Crippen LogP contribution in [0.5, 0.6) is 0 Å². The van der Waals surface area contributed by atoms with Crippen molar-refractivity contribution in [2.75, 3.05) is 0 Å². The van der Waals surface area contributed by atoms with E-state index in [-0.39, 0.29) is 6.04 Å². The summed E-state index contributed by atoms with van der Waals surface area (Å²) in [6.45, 7) is 0. The van der Waals surface area contributed by atoms with E-state index in [1.807, 2.05) is 59.3 Å². The molecule has 3 nitrogen and oxygen atoms in total. The van der Waals surface area contributed by atoms with Crippen molar-refractivity contribution in [3.63, 3.8) is 0 Å². The predicted molar refractivity (Wildman–Crippen MR) is 93.8 cm³/mol. The topological polar surface area (TPSA) is 43.8 Å². The molecule has 21 heavy (non-hydrogen) atoms. The molecule has 5 heteroatoms. The van der Waals surface area contributed by atoms with Gasteiger partial charge in [0.05, 0.1) is 17.4 Å². The van der Waals surface area contributed by atoms with Crippen LogP contribution >= 0.6 is 34.2 Å². The van der Waals surface area contributed by atoms with Crippen molar-refractivity contribution in [2.24, 2.45) is 5.73 Å². The molecule has 0 amide bonds. The lowest BCUT2D eigenvalue weighted by Crippen LogP contribution is -2.17. The smallest absolute Gasteiger partial charge is 0.0738 e. The number of rotatable bonds is 3. The van der Waals surface area contributed by atoms with Gasteiger partial charge in [-0.3, -0.25) is 0 Å². The maximum absolute atomic E-state index is 6.44. The molecule has 2 N–H and O–H groups in total. The Morgan fingerprint density at radius 3 is 2.62 bits per heavy atom. The lowest BCUT2D eigenvalue weighted by molar-refractivity contribution is 0.737. The zero-order chi connectivity index (χ0) is 14.8. The Morgan fingerprint density at radius 1 is 1.10 bits per heavy atom. The minimum Gasteiger partial charge on any atom is -0.319 e. The first kappa shape index (κ1) is 14.6. The average Bonchev–Trinajstić information content (AvgIpc) is 2.99. The predicted octanol–water partition coefficient (Wildman–Crippen LogP) is 4.18. The van der Waals surface area contributed by atoms with E-state index in [0.29, 0.717) is 5.02 Å². The molecule has 0 aliphatic rings. The van der Waals surface area contributed by atoms with E-state index in [4.69, 9.17) is 17.3 Å². The molecular weight excluding hydrogens is 397 g/mol. The monoisotopic (exact) mass is 409 g/mol. The molecule has 0 saturated carbocycles. The highest BCUT2D eigenvalue weighted by molar-refractivity contribution is 14.1. The van der Waals surface area contributed by atoms with Crippen LogP contribution in [-0.2, 0) is 0 Å². The van der Waals surface area contributed by atoms with Crippen LogP contribution in [-0.4, -0.2) is 9.78 Å². The van der Waals surface area contributed by atoms with Gasteiger partial charge in [-0.25, -0.2) is 4.68 Å². The van der Waals surface area contributed by atoms with Gasteiger partial charge in [-0.1, -0.05) is 29.8 Å². The summed E-state index contributed by atoms with van der Waals surface area (Å²) in [7, 11) is 0. The van der Waals surface area contributed by atoms with Gasteiger partial charge >= 0.3 is 0 Å². The Hall–Kier alpha value is -1.37. The molecule has 0 spiro atoms. The van der Waals surface area contributed by atoms with Gasteiger partial charge in [0.2, 0.25) is 0 Å². The van der Waals surface area contributed by atoms with Gasteiger partial charge in [0.1, 0.15) is 0 Å². The lowest BCUT2D eigenvalue weighted by atomic mass is 10.0. The Balaban J connectivity index is 2.06. The highest BCUT2D eigenvalue weighted by Gasteiger charge is 2.17. The number of hydrogen-bond donors (Lipinski definition) is 1. The molecule has 1 aromatic heterocycles. The standard InChI is InChI=1S/C16H13ClIN3/c17-11-6-7-14(18)13(10-11)16(19)15-8-9-20-21(15)12-4-2-1-3-5-12/h1-10,16H,19H2. The summed E-state index contributed by atoms with van der Waals surface area (Å²) in [5.74, 6) is 0. The van der Waals surface area contributed by atoms with Crippen LogP contribution in [0.2, 0.25) is 5.02 Å². The zero-order valence-corrected chi connectivity index (χ0v) is 14.0. The van der Waals surface area contributed by atoms with E-state index in [1.54, 1.807) is 6.20 Å². The van der Waals surface area contributed by atoms with Gasteiger partial charge in [0.25, 0.3) is 0 Å². The van der Waals surface area contributed by atoms with E-state index < -0.39 is 0 Å². The molecule has 1 atom stereocenters.